The van der Waals surface area contributed by atoms with Crippen molar-refractivity contribution >= 4 is 69.2 Å². The molecule has 1 heterocycles. The lowest BCUT2D eigenvalue weighted by Gasteiger charge is -2.29. The van der Waals surface area contributed by atoms with Crippen LogP contribution in [0.4, 0.5) is 15.8 Å². The van der Waals surface area contributed by atoms with E-state index in [0.717, 1.165) is 4.90 Å². The number of benzene rings is 3. The van der Waals surface area contributed by atoms with Gasteiger partial charge in [-0.05, 0) is 83.2 Å². The predicted molar refractivity (Wildman–Crippen MR) is 150 cm³/mol. The molecule has 1 aliphatic rings. The van der Waals surface area contributed by atoms with Gasteiger partial charge in [-0.1, -0.05) is 24.3 Å². The van der Waals surface area contributed by atoms with Gasteiger partial charge in [0.15, 0.2) is 16.6 Å². The highest BCUT2D eigenvalue weighted by Crippen LogP contribution is 2.36. The fourth-order valence-corrected chi connectivity index (χ4v) is 4.72. The van der Waals surface area contributed by atoms with Gasteiger partial charge in [0.05, 0.1) is 20.8 Å². The molecular weight excluding hydrogens is 628 g/mol. The third-order valence-electron chi connectivity index (χ3n) is 5.34. The number of rotatable bonds is 8. The molecule has 1 fully saturated rings. The van der Waals surface area contributed by atoms with Crippen LogP contribution in [0.1, 0.15) is 18.1 Å². The van der Waals surface area contributed by atoms with Crippen molar-refractivity contribution in [1.82, 2.24) is 5.32 Å². The molecule has 12 heteroatoms. The summed E-state index contributed by atoms with van der Waals surface area (Å²) in [5.74, 6) is -1.41. The minimum absolute atomic E-state index is 0.0489. The number of anilines is 1. The average Bonchev–Trinajstić information content (AvgIpc) is 2.87. The van der Waals surface area contributed by atoms with Crippen molar-refractivity contribution in [2.24, 2.45) is 0 Å². The average molecular weight is 647 g/mol. The molecule has 0 spiro atoms. The first-order valence-corrected chi connectivity index (χ1v) is 12.7. The number of para-hydroxylation sites is 1. The molecule has 1 N–H and O–H groups in total. The number of non-ortho nitro benzene ring substituents is 1. The van der Waals surface area contributed by atoms with Gasteiger partial charge >= 0.3 is 0 Å². The van der Waals surface area contributed by atoms with Crippen LogP contribution in [0.15, 0.2) is 66.2 Å². The number of nitro groups is 1. The molecule has 0 aliphatic carbocycles. The first kappa shape index (κ1) is 27.1. The normalized spacial score (nSPS) is 14.4. The fraction of sp³-hybridized carbons (Fsp3) is 0.115. The minimum Gasteiger partial charge on any atom is -0.490 e. The molecule has 0 radical (unpaired) electrons. The number of hydrogen-bond acceptors (Lipinski definition) is 7. The SMILES string of the molecule is CCOc1cc(/C=C2\C(=O)NC(=S)N(c3ccccc3F)C2=O)cc(I)c1OCc1cccc([N+](=O)[O-])c1. The summed E-state index contributed by atoms with van der Waals surface area (Å²) in [5.41, 5.74) is 0.679. The Morgan fingerprint density at radius 2 is 1.89 bits per heavy atom. The van der Waals surface area contributed by atoms with Gasteiger partial charge in [-0.15, -0.1) is 0 Å². The Morgan fingerprint density at radius 1 is 1.13 bits per heavy atom. The van der Waals surface area contributed by atoms with E-state index in [0.29, 0.717) is 32.8 Å². The summed E-state index contributed by atoms with van der Waals surface area (Å²) in [7, 11) is 0. The van der Waals surface area contributed by atoms with Crippen LogP contribution in [-0.2, 0) is 16.2 Å². The molecule has 0 aromatic heterocycles. The summed E-state index contributed by atoms with van der Waals surface area (Å²) in [6.45, 7) is 2.14. The van der Waals surface area contributed by atoms with Crippen molar-refractivity contribution < 1.29 is 28.4 Å². The summed E-state index contributed by atoms with van der Waals surface area (Å²) in [4.78, 5) is 37.4. The molecule has 0 saturated carbocycles. The largest absolute Gasteiger partial charge is 0.490 e. The summed E-state index contributed by atoms with van der Waals surface area (Å²) in [5, 5.41) is 13.3. The maximum atomic E-state index is 14.4. The minimum atomic E-state index is -0.775. The van der Waals surface area contributed by atoms with Gasteiger partial charge in [0, 0.05) is 12.1 Å². The number of amides is 2. The molecule has 4 rings (SSSR count). The lowest BCUT2D eigenvalue weighted by Crippen LogP contribution is -2.54. The standard InChI is InChI=1S/C26H19FIN3O6S/c1-2-36-22-13-16(12-20(28)23(22)37-14-15-6-5-7-17(10-15)31(34)35)11-18-24(32)29-26(38)30(25(18)33)21-9-4-3-8-19(21)27/h3-13H,2,14H2,1H3,(H,29,32,38)/b18-11+. The van der Waals surface area contributed by atoms with E-state index in [2.05, 4.69) is 5.32 Å². The van der Waals surface area contributed by atoms with Crippen molar-refractivity contribution in [1.29, 1.82) is 0 Å². The van der Waals surface area contributed by atoms with Crippen LogP contribution in [0.5, 0.6) is 11.5 Å². The molecule has 0 bridgehead atoms. The monoisotopic (exact) mass is 647 g/mol. The van der Waals surface area contributed by atoms with Gasteiger partial charge in [0.1, 0.15) is 18.0 Å². The number of nitro benzene ring substituents is 1. The Hall–Kier alpha value is -3.91. The van der Waals surface area contributed by atoms with Crippen LogP contribution in [0.2, 0.25) is 0 Å². The van der Waals surface area contributed by atoms with Gasteiger partial charge in [0.2, 0.25) is 0 Å². The van der Waals surface area contributed by atoms with E-state index < -0.39 is 22.6 Å². The summed E-state index contributed by atoms with van der Waals surface area (Å²) < 4.78 is 26.7. The van der Waals surface area contributed by atoms with E-state index in [1.165, 1.54) is 36.4 Å². The van der Waals surface area contributed by atoms with Crippen molar-refractivity contribution in [3.05, 3.63) is 96.9 Å². The van der Waals surface area contributed by atoms with Gasteiger partial charge < -0.3 is 9.47 Å². The second-order valence-corrected chi connectivity index (χ2v) is 9.44. The Bertz CT molecular complexity index is 1500. The van der Waals surface area contributed by atoms with Crippen LogP contribution < -0.4 is 19.7 Å². The summed E-state index contributed by atoms with van der Waals surface area (Å²) in [6.07, 6.45) is 1.36. The molecule has 3 aromatic rings. The number of hydrogen-bond donors (Lipinski definition) is 1. The van der Waals surface area contributed by atoms with E-state index in [1.807, 2.05) is 22.6 Å². The van der Waals surface area contributed by atoms with Crippen molar-refractivity contribution in [2.45, 2.75) is 13.5 Å². The van der Waals surface area contributed by atoms with Crippen molar-refractivity contribution in [3.8, 4) is 11.5 Å². The number of thiocarbonyl (C=S) groups is 1. The maximum absolute atomic E-state index is 14.4. The third-order valence-corrected chi connectivity index (χ3v) is 6.43. The Labute approximate surface area is 235 Å². The molecule has 2 amide bonds. The molecule has 1 aliphatic heterocycles. The summed E-state index contributed by atoms with van der Waals surface area (Å²) in [6, 6.07) is 15.0. The van der Waals surface area contributed by atoms with Crippen LogP contribution >= 0.6 is 34.8 Å². The molecule has 0 atom stereocenters. The first-order valence-electron chi connectivity index (χ1n) is 11.2. The molecule has 3 aromatic carbocycles. The second-order valence-electron chi connectivity index (χ2n) is 7.89. The van der Waals surface area contributed by atoms with E-state index >= 15 is 0 Å². The van der Waals surface area contributed by atoms with Gasteiger partial charge in [0.25, 0.3) is 17.5 Å². The number of halogens is 2. The van der Waals surface area contributed by atoms with Crippen LogP contribution in [0.3, 0.4) is 0 Å². The smallest absolute Gasteiger partial charge is 0.270 e. The van der Waals surface area contributed by atoms with E-state index in [-0.39, 0.29) is 28.7 Å². The number of nitrogens with zero attached hydrogens (tertiary/aromatic N) is 2. The molecule has 38 heavy (non-hydrogen) atoms. The Kier molecular flexibility index (Phi) is 8.32. The van der Waals surface area contributed by atoms with Gasteiger partial charge in [-0.3, -0.25) is 25.0 Å². The van der Waals surface area contributed by atoms with Crippen LogP contribution in [0.25, 0.3) is 6.08 Å². The molecule has 194 valence electrons. The number of nitrogens with one attached hydrogen (secondary N) is 1. The number of carbonyl (C=O) groups is 2. The number of ether oxygens (including phenoxy) is 2. The highest BCUT2D eigenvalue weighted by molar-refractivity contribution is 14.1. The molecule has 1 saturated heterocycles. The van der Waals surface area contributed by atoms with Crippen LogP contribution in [-0.4, -0.2) is 28.5 Å². The molecule has 9 nitrogen and oxygen atoms in total. The highest BCUT2D eigenvalue weighted by atomic mass is 127. The quantitative estimate of drug-likeness (QED) is 0.0900. The topological polar surface area (TPSA) is 111 Å². The Morgan fingerprint density at radius 3 is 2.61 bits per heavy atom. The van der Waals surface area contributed by atoms with E-state index in [1.54, 1.807) is 37.3 Å². The van der Waals surface area contributed by atoms with Gasteiger partial charge in [-0.2, -0.15) is 0 Å². The molecule has 0 unspecified atom stereocenters. The van der Waals surface area contributed by atoms with E-state index in [9.17, 15) is 24.1 Å². The third kappa shape index (κ3) is 5.81. The first-order chi connectivity index (χ1) is 18.2. The lowest BCUT2D eigenvalue weighted by molar-refractivity contribution is -0.384. The van der Waals surface area contributed by atoms with Crippen molar-refractivity contribution in [3.63, 3.8) is 0 Å². The Balaban J connectivity index is 1.66. The maximum Gasteiger partial charge on any atom is 0.270 e. The van der Waals surface area contributed by atoms with Crippen molar-refractivity contribution in [2.75, 3.05) is 11.5 Å². The van der Waals surface area contributed by atoms with Gasteiger partial charge in [-0.25, -0.2) is 9.29 Å². The zero-order valence-corrected chi connectivity index (χ0v) is 22.7. The predicted octanol–water partition coefficient (Wildman–Crippen LogP) is 5.15. The zero-order chi connectivity index (χ0) is 27.4. The second kappa shape index (κ2) is 11.6. The van der Waals surface area contributed by atoms with E-state index in [4.69, 9.17) is 21.7 Å². The molecular formula is C26H19FIN3O6S. The fourth-order valence-electron chi connectivity index (χ4n) is 3.67. The number of carbonyl (C=O) groups excluding carboxylic acids is 2. The lowest BCUT2D eigenvalue weighted by atomic mass is 10.1. The highest BCUT2D eigenvalue weighted by Gasteiger charge is 2.35. The zero-order valence-electron chi connectivity index (χ0n) is 19.8. The summed E-state index contributed by atoms with van der Waals surface area (Å²) >= 11 is 7.16. The van der Waals surface area contributed by atoms with Crippen LogP contribution in [0, 0.1) is 19.5 Å².